The predicted octanol–water partition coefficient (Wildman–Crippen LogP) is 3.07. The van der Waals surface area contributed by atoms with Crippen molar-refractivity contribution in [2.45, 2.75) is 10.4 Å². The van der Waals surface area contributed by atoms with Gasteiger partial charge in [-0.1, -0.05) is 48.5 Å². The molecule has 0 fully saturated rings. The van der Waals surface area contributed by atoms with Crippen LogP contribution in [-0.4, -0.2) is 37.6 Å². The fourth-order valence-electron chi connectivity index (χ4n) is 3.72. The van der Waals surface area contributed by atoms with Gasteiger partial charge in [-0.05, 0) is 29.8 Å². The number of benzene rings is 2. The number of carbonyl (C=O) groups is 2. The number of ketones is 1. The molecule has 4 rings (SSSR count). The standard InChI is InChI=1S/C22H16FNO4S/c1-24-21(26)20(29(27,28)17-10-6-3-7-11-17)19(15-8-4-2-5-9-15)22(24)13-12-16(25)14-18(22)23/h2-14H,1H3. The number of rotatable bonds is 3. The highest BCUT2D eigenvalue weighted by molar-refractivity contribution is 7.96. The SMILES string of the molecule is CN1C(=O)C(S(=O)(=O)c2ccccc2)=C(c2ccccc2)C12C=CC(=O)C=C2F. The monoisotopic (exact) mass is 409 g/mol. The maximum absolute atomic E-state index is 15.3. The Balaban J connectivity index is 2.11. The molecule has 0 bridgehead atoms. The molecule has 5 nitrogen and oxygen atoms in total. The minimum Gasteiger partial charge on any atom is -0.321 e. The molecule has 2 aromatic carbocycles. The summed E-state index contributed by atoms with van der Waals surface area (Å²) >= 11 is 0. The van der Waals surface area contributed by atoms with Crippen molar-refractivity contribution < 1.29 is 22.4 Å². The molecule has 7 heteroatoms. The van der Waals surface area contributed by atoms with E-state index >= 15 is 4.39 Å². The van der Waals surface area contributed by atoms with E-state index in [9.17, 15) is 18.0 Å². The van der Waals surface area contributed by atoms with Crippen LogP contribution >= 0.6 is 0 Å². The Morgan fingerprint density at radius 1 is 0.931 bits per heavy atom. The highest BCUT2D eigenvalue weighted by Crippen LogP contribution is 2.50. The third-order valence-electron chi connectivity index (χ3n) is 5.14. The van der Waals surface area contributed by atoms with Crippen LogP contribution in [0.1, 0.15) is 5.56 Å². The Hall–Kier alpha value is -3.32. The van der Waals surface area contributed by atoms with Gasteiger partial charge >= 0.3 is 0 Å². The van der Waals surface area contributed by atoms with Crippen LogP contribution in [0.2, 0.25) is 0 Å². The third-order valence-corrected chi connectivity index (χ3v) is 6.95. The van der Waals surface area contributed by atoms with Crippen molar-refractivity contribution in [1.82, 2.24) is 4.90 Å². The van der Waals surface area contributed by atoms with Gasteiger partial charge in [-0.2, -0.15) is 0 Å². The Bertz CT molecular complexity index is 1210. The first-order valence-electron chi connectivity index (χ1n) is 8.79. The quantitative estimate of drug-likeness (QED) is 0.781. The van der Waals surface area contributed by atoms with E-state index in [0.717, 1.165) is 17.1 Å². The lowest BCUT2D eigenvalue weighted by molar-refractivity contribution is -0.126. The molecule has 0 N–H and O–H groups in total. The van der Waals surface area contributed by atoms with Crippen LogP contribution in [0.5, 0.6) is 0 Å². The molecule has 1 aliphatic carbocycles. The Morgan fingerprint density at radius 3 is 2.10 bits per heavy atom. The highest BCUT2D eigenvalue weighted by Gasteiger charge is 2.56. The molecule has 146 valence electrons. The lowest BCUT2D eigenvalue weighted by atomic mass is 9.81. The zero-order valence-corrected chi connectivity index (χ0v) is 16.2. The fraction of sp³-hybridized carbons (Fsp3) is 0.0909. The Kier molecular flexibility index (Phi) is 4.35. The van der Waals surface area contributed by atoms with Gasteiger partial charge < -0.3 is 4.90 Å². The molecule has 1 heterocycles. The summed E-state index contributed by atoms with van der Waals surface area (Å²) < 4.78 is 42.1. The minimum atomic E-state index is -4.25. The van der Waals surface area contributed by atoms with E-state index in [2.05, 4.69) is 0 Å². The predicted molar refractivity (Wildman–Crippen MR) is 106 cm³/mol. The van der Waals surface area contributed by atoms with Gasteiger partial charge in [0.25, 0.3) is 5.91 Å². The maximum Gasteiger partial charge on any atom is 0.267 e. The summed E-state index contributed by atoms with van der Waals surface area (Å²) in [5.74, 6) is -2.31. The number of sulfone groups is 1. The third kappa shape index (κ3) is 2.69. The average molecular weight is 409 g/mol. The summed E-state index contributed by atoms with van der Waals surface area (Å²) in [4.78, 5) is 25.4. The first kappa shape index (κ1) is 19.0. The van der Waals surface area contributed by atoms with E-state index in [0.29, 0.717) is 5.56 Å². The summed E-state index contributed by atoms with van der Waals surface area (Å²) in [5.41, 5.74) is -1.43. The molecule has 1 aliphatic heterocycles. The molecule has 29 heavy (non-hydrogen) atoms. The largest absolute Gasteiger partial charge is 0.321 e. The number of hydrogen-bond acceptors (Lipinski definition) is 4. The number of nitrogens with zero attached hydrogens (tertiary/aromatic N) is 1. The van der Waals surface area contributed by atoms with Crippen molar-refractivity contribution in [2.24, 2.45) is 0 Å². The van der Waals surface area contributed by atoms with Crippen molar-refractivity contribution in [3.05, 3.63) is 95.2 Å². The number of amides is 1. The molecule has 2 aromatic rings. The minimum absolute atomic E-state index is 0.00745. The van der Waals surface area contributed by atoms with Crippen molar-refractivity contribution in [2.75, 3.05) is 7.05 Å². The highest BCUT2D eigenvalue weighted by atomic mass is 32.2. The number of hydrogen-bond donors (Lipinski definition) is 0. The van der Waals surface area contributed by atoms with Gasteiger partial charge in [0, 0.05) is 18.7 Å². The normalized spacial score (nSPS) is 21.9. The molecular weight excluding hydrogens is 393 g/mol. The van der Waals surface area contributed by atoms with Crippen LogP contribution in [0.15, 0.2) is 94.5 Å². The van der Waals surface area contributed by atoms with Gasteiger partial charge in [0.2, 0.25) is 9.84 Å². The van der Waals surface area contributed by atoms with Gasteiger partial charge in [-0.25, -0.2) is 12.8 Å². The lowest BCUT2D eigenvalue weighted by Gasteiger charge is -2.36. The molecule has 0 saturated carbocycles. The molecule has 1 spiro atoms. The summed E-state index contributed by atoms with van der Waals surface area (Å²) in [5, 5.41) is 0. The molecular formula is C22H16FNO4S. The first-order chi connectivity index (χ1) is 13.8. The molecule has 0 radical (unpaired) electrons. The Morgan fingerprint density at radius 2 is 1.52 bits per heavy atom. The zero-order chi connectivity index (χ0) is 20.8. The zero-order valence-electron chi connectivity index (χ0n) is 15.4. The van der Waals surface area contributed by atoms with Crippen LogP contribution in [0, 0.1) is 0 Å². The summed E-state index contributed by atoms with van der Waals surface area (Å²) in [6.07, 6.45) is 3.18. The summed E-state index contributed by atoms with van der Waals surface area (Å²) in [7, 11) is -2.93. The van der Waals surface area contributed by atoms with Crippen LogP contribution < -0.4 is 0 Å². The van der Waals surface area contributed by atoms with Crippen LogP contribution in [-0.2, 0) is 19.4 Å². The van der Waals surface area contributed by atoms with Crippen molar-refractivity contribution in [3.8, 4) is 0 Å². The molecule has 2 aliphatic rings. The van der Waals surface area contributed by atoms with Crippen molar-refractivity contribution >= 4 is 27.1 Å². The fourth-order valence-corrected chi connectivity index (χ4v) is 5.38. The molecule has 1 unspecified atom stereocenters. The van der Waals surface area contributed by atoms with E-state index in [1.165, 1.54) is 25.3 Å². The number of halogens is 1. The van der Waals surface area contributed by atoms with Gasteiger partial charge in [-0.3, -0.25) is 9.59 Å². The maximum atomic E-state index is 15.3. The van der Waals surface area contributed by atoms with E-state index in [1.54, 1.807) is 48.5 Å². The van der Waals surface area contributed by atoms with Gasteiger partial charge in [0.1, 0.15) is 16.3 Å². The lowest BCUT2D eigenvalue weighted by Crippen LogP contribution is -2.46. The molecule has 0 saturated heterocycles. The van der Waals surface area contributed by atoms with E-state index < -0.39 is 37.8 Å². The van der Waals surface area contributed by atoms with Crippen LogP contribution in [0.3, 0.4) is 0 Å². The van der Waals surface area contributed by atoms with Gasteiger partial charge in [0.15, 0.2) is 5.78 Å². The average Bonchev–Trinajstić information content (AvgIpc) is 2.95. The van der Waals surface area contributed by atoms with Gasteiger partial charge in [-0.15, -0.1) is 0 Å². The second-order valence-electron chi connectivity index (χ2n) is 6.75. The van der Waals surface area contributed by atoms with Crippen molar-refractivity contribution in [3.63, 3.8) is 0 Å². The first-order valence-corrected chi connectivity index (χ1v) is 10.3. The smallest absolute Gasteiger partial charge is 0.267 e. The number of carbonyl (C=O) groups excluding carboxylic acids is 2. The van der Waals surface area contributed by atoms with Crippen molar-refractivity contribution in [1.29, 1.82) is 0 Å². The van der Waals surface area contributed by atoms with Crippen LogP contribution in [0.25, 0.3) is 5.57 Å². The van der Waals surface area contributed by atoms with E-state index in [-0.39, 0.29) is 10.5 Å². The second kappa shape index (κ2) is 6.63. The summed E-state index contributed by atoms with van der Waals surface area (Å²) in [6.45, 7) is 0. The molecule has 0 aromatic heterocycles. The summed E-state index contributed by atoms with van der Waals surface area (Å²) in [6, 6.07) is 15.8. The molecule has 1 amide bonds. The van der Waals surface area contributed by atoms with E-state index in [1.807, 2.05) is 0 Å². The van der Waals surface area contributed by atoms with Crippen LogP contribution in [0.4, 0.5) is 4.39 Å². The number of likely N-dealkylation sites (N-methyl/N-ethyl adjacent to an activating group) is 1. The van der Waals surface area contributed by atoms with E-state index in [4.69, 9.17) is 0 Å². The second-order valence-corrected chi connectivity index (χ2v) is 8.63. The topological polar surface area (TPSA) is 71.5 Å². The number of allylic oxidation sites excluding steroid dienone is 2. The van der Waals surface area contributed by atoms with Gasteiger partial charge in [0.05, 0.1) is 4.90 Å². The Labute approximate surface area is 167 Å². The molecule has 1 atom stereocenters.